The van der Waals surface area contributed by atoms with Gasteiger partial charge in [-0.1, -0.05) is 30.7 Å². The number of nitrogens with one attached hydrogen (secondary N) is 1. The highest BCUT2D eigenvalue weighted by Gasteiger charge is 2.32. The van der Waals surface area contributed by atoms with E-state index in [1.807, 2.05) is 36.5 Å². The summed E-state index contributed by atoms with van der Waals surface area (Å²) in [5, 5.41) is 19.8. The van der Waals surface area contributed by atoms with Crippen LogP contribution < -0.4 is 4.74 Å². The van der Waals surface area contributed by atoms with E-state index < -0.39 is 0 Å². The van der Waals surface area contributed by atoms with Crippen molar-refractivity contribution in [2.75, 3.05) is 6.61 Å². The van der Waals surface area contributed by atoms with Gasteiger partial charge in [0.15, 0.2) is 11.5 Å². The van der Waals surface area contributed by atoms with Crippen LogP contribution in [0.1, 0.15) is 72.4 Å². The van der Waals surface area contributed by atoms with Gasteiger partial charge in [-0.25, -0.2) is 0 Å². The third-order valence-electron chi connectivity index (χ3n) is 7.83. The highest BCUT2D eigenvalue weighted by molar-refractivity contribution is 6.01. The Balaban J connectivity index is 1.18. The Morgan fingerprint density at radius 3 is 2.82 bits per heavy atom. The average Bonchev–Trinajstić information content (AvgIpc) is 3.40. The molecule has 2 atom stereocenters. The van der Waals surface area contributed by atoms with Crippen molar-refractivity contribution in [3.63, 3.8) is 0 Å². The maximum absolute atomic E-state index is 13.4. The van der Waals surface area contributed by atoms with Gasteiger partial charge in [0.25, 0.3) is 0 Å². The van der Waals surface area contributed by atoms with Gasteiger partial charge in [0.2, 0.25) is 0 Å². The number of hydrogen-bond donors (Lipinski definition) is 3. The first-order valence-corrected chi connectivity index (χ1v) is 13.6. The topological polar surface area (TPSA) is 99.6 Å². The summed E-state index contributed by atoms with van der Waals surface area (Å²) in [6.45, 7) is 0.590. The monoisotopic (exact) mass is 513 g/mol. The van der Waals surface area contributed by atoms with E-state index in [9.17, 15) is 19.8 Å². The number of benzene rings is 2. The number of phenolic OH excluding ortho intramolecular Hbond substituents is 2. The number of fused-ring (bicyclic) bond motifs is 2. The molecule has 0 fully saturated rings. The minimum absolute atomic E-state index is 0.0212. The van der Waals surface area contributed by atoms with E-state index in [0.717, 1.165) is 66.5 Å². The number of aromatic nitrogens is 1. The molecule has 6 nitrogen and oxygen atoms in total. The number of aromatic hydroxyl groups is 2. The second kappa shape index (κ2) is 11.7. The normalized spacial score (nSPS) is 17.9. The van der Waals surface area contributed by atoms with E-state index in [1.165, 1.54) is 0 Å². The summed E-state index contributed by atoms with van der Waals surface area (Å²) < 4.78 is 5.64. The van der Waals surface area contributed by atoms with Crippen LogP contribution >= 0.6 is 0 Å². The first kappa shape index (κ1) is 25.8. The SMILES string of the molecule is O=C(CCc1ccc(O)c2c1CCCO2)CC(=O)[C@@H]1C=Cc2[nH]ccc2[C@H]1CCCCc1cccc(O)c1. The second-order valence-corrected chi connectivity index (χ2v) is 10.4. The molecule has 5 rings (SSSR count). The van der Waals surface area contributed by atoms with Crippen LogP contribution in [-0.4, -0.2) is 33.4 Å². The standard InChI is InChI=1S/C32H35NO5/c34-23-7-3-6-21(19-23)5-1-2-8-26-27-16-17-33-29(27)14-13-28(26)31(37)20-24(35)12-10-22-11-15-30(36)32-25(22)9-4-18-38-32/h3,6-7,11,13-17,19,26,28,33-34,36H,1-2,4-5,8-10,12,18,20H2/t26-,28-/m1/s1. The lowest BCUT2D eigenvalue weighted by atomic mass is 9.75. The van der Waals surface area contributed by atoms with Crippen LogP contribution in [0.3, 0.4) is 0 Å². The number of unbranched alkanes of at least 4 members (excludes halogenated alkanes) is 1. The number of aromatic amines is 1. The molecule has 2 aromatic carbocycles. The average molecular weight is 514 g/mol. The predicted octanol–water partition coefficient (Wildman–Crippen LogP) is 6.05. The van der Waals surface area contributed by atoms with Gasteiger partial charge in [0.1, 0.15) is 17.3 Å². The minimum Gasteiger partial charge on any atom is -0.508 e. The van der Waals surface area contributed by atoms with Crippen LogP contribution in [0.2, 0.25) is 0 Å². The van der Waals surface area contributed by atoms with Crippen molar-refractivity contribution in [2.24, 2.45) is 5.92 Å². The molecule has 2 aliphatic rings. The minimum atomic E-state index is -0.308. The molecule has 3 N–H and O–H groups in total. The number of phenols is 2. The number of carbonyl (C=O) groups is 2. The fourth-order valence-electron chi connectivity index (χ4n) is 5.89. The van der Waals surface area contributed by atoms with Crippen molar-refractivity contribution in [1.82, 2.24) is 4.98 Å². The number of hydrogen-bond acceptors (Lipinski definition) is 5. The van der Waals surface area contributed by atoms with Gasteiger partial charge < -0.3 is 19.9 Å². The van der Waals surface area contributed by atoms with Crippen molar-refractivity contribution in [2.45, 2.75) is 63.7 Å². The van der Waals surface area contributed by atoms with Gasteiger partial charge in [-0.2, -0.15) is 0 Å². The van der Waals surface area contributed by atoms with Crippen LogP contribution in [0, 0.1) is 5.92 Å². The maximum atomic E-state index is 13.4. The van der Waals surface area contributed by atoms with Crippen molar-refractivity contribution < 1.29 is 24.5 Å². The van der Waals surface area contributed by atoms with Gasteiger partial charge in [0, 0.05) is 29.8 Å². The predicted molar refractivity (Wildman–Crippen MR) is 147 cm³/mol. The molecule has 1 aliphatic carbocycles. The molecule has 0 saturated carbocycles. The molecule has 38 heavy (non-hydrogen) atoms. The Morgan fingerprint density at radius 2 is 1.95 bits per heavy atom. The first-order valence-electron chi connectivity index (χ1n) is 13.6. The number of carbonyl (C=O) groups excluding carboxylic acids is 2. The van der Waals surface area contributed by atoms with Gasteiger partial charge in [-0.3, -0.25) is 9.59 Å². The van der Waals surface area contributed by atoms with Crippen molar-refractivity contribution in [1.29, 1.82) is 0 Å². The molecule has 0 saturated heterocycles. The largest absolute Gasteiger partial charge is 0.508 e. The molecule has 1 aromatic heterocycles. The van der Waals surface area contributed by atoms with Crippen LogP contribution in [0.15, 0.2) is 54.7 Å². The van der Waals surface area contributed by atoms with Crippen LogP contribution in [0.25, 0.3) is 6.08 Å². The summed E-state index contributed by atoms with van der Waals surface area (Å²) in [6.07, 6.45) is 12.0. The second-order valence-electron chi connectivity index (χ2n) is 10.4. The van der Waals surface area contributed by atoms with Crippen molar-refractivity contribution >= 4 is 17.6 Å². The Bertz CT molecular complexity index is 1340. The lowest BCUT2D eigenvalue weighted by Crippen LogP contribution is -2.25. The molecule has 0 spiro atoms. The van der Waals surface area contributed by atoms with Gasteiger partial charge in [0.05, 0.1) is 13.0 Å². The molecule has 0 unspecified atom stereocenters. The third kappa shape index (κ3) is 5.85. The summed E-state index contributed by atoms with van der Waals surface area (Å²) in [6, 6.07) is 12.9. The summed E-state index contributed by atoms with van der Waals surface area (Å²) in [4.78, 5) is 29.5. The number of ketones is 2. The molecule has 3 aromatic rings. The first-order chi connectivity index (χ1) is 18.5. The molecule has 2 heterocycles. The Morgan fingerprint density at radius 1 is 1.05 bits per heavy atom. The Kier molecular flexibility index (Phi) is 7.97. The molecule has 0 radical (unpaired) electrons. The van der Waals surface area contributed by atoms with Gasteiger partial charge in [-0.15, -0.1) is 0 Å². The number of rotatable bonds is 11. The molecule has 0 amide bonds. The van der Waals surface area contributed by atoms with Crippen LogP contribution in [0.4, 0.5) is 0 Å². The van der Waals surface area contributed by atoms with Crippen LogP contribution in [-0.2, 0) is 28.9 Å². The van der Waals surface area contributed by atoms with E-state index in [1.54, 1.807) is 18.2 Å². The van der Waals surface area contributed by atoms with E-state index >= 15 is 0 Å². The Labute approximate surface area is 223 Å². The zero-order valence-electron chi connectivity index (χ0n) is 21.6. The molecule has 0 bridgehead atoms. The lowest BCUT2D eigenvalue weighted by Gasteiger charge is -2.27. The quantitative estimate of drug-likeness (QED) is 0.214. The van der Waals surface area contributed by atoms with E-state index in [-0.39, 0.29) is 41.3 Å². The number of Topliss-reactive ketones (excluding diaryl/α,β-unsaturated/α-hetero) is 2. The fourth-order valence-corrected chi connectivity index (χ4v) is 5.89. The van der Waals surface area contributed by atoms with E-state index in [0.29, 0.717) is 25.2 Å². The maximum Gasteiger partial charge on any atom is 0.164 e. The zero-order valence-corrected chi connectivity index (χ0v) is 21.6. The number of aryl methyl sites for hydroxylation is 2. The smallest absolute Gasteiger partial charge is 0.164 e. The number of allylic oxidation sites excluding steroid dienone is 1. The van der Waals surface area contributed by atoms with Crippen LogP contribution in [0.5, 0.6) is 17.2 Å². The highest BCUT2D eigenvalue weighted by Crippen LogP contribution is 2.39. The molecular formula is C32H35NO5. The lowest BCUT2D eigenvalue weighted by molar-refractivity contribution is -0.128. The summed E-state index contributed by atoms with van der Waals surface area (Å²) in [5.74, 6) is 0.636. The molecular weight excluding hydrogens is 478 g/mol. The zero-order chi connectivity index (χ0) is 26.5. The number of ether oxygens (including phenoxy) is 1. The molecule has 1 aliphatic heterocycles. The van der Waals surface area contributed by atoms with Crippen molar-refractivity contribution in [3.8, 4) is 17.2 Å². The number of H-pyrrole nitrogens is 1. The summed E-state index contributed by atoms with van der Waals surface area (Å²) >= 11 is 0. The van der Waals surface area contributed by atoms with Gasteiger partial charge >= 0.3 is 0 Å². The molecule has 6 heteroatoms. The fraction of sp³-hybridized carbons (Fsp3) is 0.375. The summed E-state index contributed by atoms with van der Waals surface area (Å²) in [5.41, 5.74) is 5.29. The Hall–Kier alpha value is -3.80. The van der Waals surface area contributed by atoms with E-state index in [2.05, 4.69) is 11.1 Å². The van der Waals surface area contributed by atoms with Crippen molar-refractivity contribution in [3.05, 3.63) is 82.7 Å². The molecule has 198 valence electrons. The highest BCUT2D eigenvalue weighted by atomic mass is 16.5. The summed E-state index contributed by atoms with van der Waals surface area (Å²) in [7, 11) is 0. The van der Waals surface area contributed by atoms with E-state index in [4.69, 9.17) is 4.74 Å². The third-order valence-corrected chi connectivity index (χ3v) is 7.83. The van der Waals surface area contributed by atoms with Gasteiger partial charge in [-0.05, 0) is 91.5 Å².